The molecule has 2 N–H and O–H groups in total. The Hall–Kier alpha value is -3.50. The predicted molar refractivity (Wildman–Crippen MR) is 135 cm³/mol. The first-order valence-electron chi connectivity index (χ1n) is 11.8. The fourth-order valence-corrected chi connectivity index (χ4v) is 5.94. The van der Waals surface area contributed by atoms with E-state index in [-0.39, 0.29) is 30.6 Å². The van der Waals surface area contributed by atoms with Crippen molar-refractivity contribution in [2.24, 2.45) is 5.92 Å². The third-order valence-electron chi connectivity index (χ3n) is 6.76. The summed E-state index contributed by atoms with van der Waals surface area (Å²) in [5, 5.41) is 6.59. The molecule has 10 heteroatoms. The Balaban J connectivity index is 1.55. The van der Waals surface area contributed by atoms with E-state index in [0.717, 1.165) is 0 Å². The van der Waals surface area contributed by atoms with Gasteiger partial charge in [0.05, 0.1) is 27.6 Å². The van der Waals surface area contributed by atoms with Crippen LogP contribution in [-0.4, -0.2) is 41.5 Å². The minimum atomic E-state index is -4.67. The molecule has 0 radical (unpaired) electrons. The summed E-state index contributed by atoms with van der Waals surface area (Å²) in [5.74, 6) is -3.37. The SMILES string of the molecule is Cc1nc(C(=O)[C@]2(CNC(=O)c3cccc4occc34)NCCC[C@H]2C(F)(F)F)c(-c2ccccc2)s1. The molecule has 1 saturated heterocycles. The van der Waals surface area contributed by atoms with Crippen molar-refractivity contribution in [3.63, 3.8) is 0 Å². The van der Waals surface area contributed by atoms with Crippen LogP contribution in [0.5, 0.6) is 0 Å². The first kappa shape index (κ1) is 25.2. The van der Waals surface area contributed by atoms with E-state index in [1.54, 1.807) is 55.5 Å². The number of furan rings is 1. The van der Waals surface area contributed by atoms with Crippen LogP contribution in [0.3, 0.4) is 0 Å². The fraction of sp³-hybridized carbons (Fsp3) is 0.296. The summed E-state index contributed by atoms with van der Waals surface area (Å²) >= 11 is 1.25. The number of nitrogens with one attached hydrogen (secondary N) is 2. The number of aromatic nitrogens is 1. The van der Waals surface area contributed by atoms with Crippen LogP contribution in [-0.2, 0) is 0 Å². The molecule has 2 aromatic heterocycles. The van der Waals surface area contributed by atoms with Gasteiger partial charge in [-0.05, 0) is 50.1 Å². The molecule has 2 atom stereocenters. The zero-order valence-corrected chi connectivity index (χ0v) is 20.7. The van der Waals surface area contributed by atoms with Gasteiger partial charge < -0.3 is 15.1 Å². The van der Waals surface area contributed by atoms with Crippen LogP contribution in [0.15, 0.2) is 65.3 Å². The number of carbonyl (C=O) groups excluding carboxylic acids is 2. The summed E-state index contributed by atoms with van der Waals surface area (Å²) in [6, 6.07) is 15.5. The lowest BCUT2D eigenvalue weighted by molar-refractivity contribution is -0.197. The lowest BCUT2D eigenvalue weighted by Crippen LogP contribution is -2.68. The summed E-state index contributed by atoms with van der Waals surface area (Å²) in [4.78, 5) is 32.2. The first-order chi connectivity index (χ1) is 17.7. The maximum Gasteiger partial charge on any atom is 0.394 e. The fourth-order valence-electron chi connectivity index (χ4n) is 5.02. The van der Waals surface area contributed by atoms with Crippen molar-refractivity contribution in [3.8, 4) is 10.4 Å². The number of hydrogen-bond acceptors (Lipinski definition) is 6. The Morgan fingerprint density at radius 3 is 2.70 bits per heavy atom. The molecule has 1 aliphatic heterocycles. The van der Waals surface area contributed by atoms with E-state index >= 15 is 0 Å². The van der Waals surface area contributed by atoms with Gasteiger partial charge in [-0.2, -0.15) is 13.2 Å². The highest BCUT2D eigenvalue weighted by Gasteiger charge is 2.59. The van der Waals surface area contributed by atoms with Crippen LogP contribution >= 0.6 is 11.3 Å². The second-order valence-corrected chi connectivity index (χ2v) is 10.3. The standard InChI is InChI=1S/C27H24F3N3O3S/c1-16-33-22(23(37-16)17-7-3-2-4-8-17)24(34)26(21(27(28,29)30)11-6-13-32-26)15-31-25(35)19-9-5-10-20-18(19)12-14-36-20/h2-5,7-10,12,14,21,32H,6,11,13,15H2,1H3,(H,31,35)/t21-,26-/m1/s1. The van der Waals surface area contributed by atoms with Crippen LogP contribution in [0.1, 0.15) is 38.7 Å². The lowest BCUT2D eigenvalue weighted by Gasteiger charge is -2.44. The predicted octanol–water partition coefficient (Wildman–Crippen LogP) is 5.78. The normalized spacial score (nSPS) is 20.2. The molecule has 0 aliphatic carbocycles. The number of alkyl halides is 3. The molecule has 3 heterocycles. The van der Waals surface area contributed by atoms with Crippen LogP contribution < -0.4 is 10.6 Å². The van der Waals surface area contributed by atoms with E-state index < -0.39 is 35.9 Å². The first-order valence-corrected chi connectivity index (χ1v) is 12.7. The lowest BCUT2D eigenvalue weighted by atomic mass is 9.73. The molecule has 2 aromatic carbocycles. The molecule has 5 rings (SSSR count). The molecular formula is C27H24F3N3O3S. The van der Waals surface area contributed by atoms with Gasteiger partial charge in [0, 0.05) is 11.9 Å². The van der Waals surface area contributed by atoms with E-state index in [9.17, 15) is 22.8 Å². The molecule has 0 bridgehead atoms. The molecular weight excluding hydrogens is 503 g/mol. The highest BCUT2D eigenvalue weighted by atomic mass is 32.1. The van der Waals surface area contributed by atoms with Gasteiger partial charge in [0.15, 0.2) is 0 Å². The van der Waals surface area contributed by atoms with E-state index in [1.165, 1.54) is 17.6 Å². The summed E-state index contributed by atoms with van der Waals surface area (Å²) in [6.07, 6.45) is -3.22. The van der Waals surface area contributed by atoms with Gasteiger partial charge in [0.25, 0.3) is 5.91 Å². The Morgan fingerprint density at radius 1 is 1.16 bits per heavy atom. The molecule has 0 spiro atoms. The van der Waals surface area contributed by atoms with Gasteiger partial charge in [0.1, 0.15) is 16.8 Å². The average Bonchev–Trinajstić information content (AvgIpc) is 3.53. The number of rotatable bonds is 6. The number of thiazole rings is 1. The monoisotopic (exact) mass is 527 g/mol. The third kappa shape index (κ3) is 4.67. The van der Waals surface area contributed by atoms with E-state index in [2.05, 4.69) is 15.6 Å². The molecule has 0 saturated carbocycles. The van der Waals surface area contributed by atoms with Crippen molar-refractivity contribution in [1.29, 1.82) is 0 Å². The maximum absolute atomic E-state index is 14.4. The van der Waals surface area contributed by atoms with Gasteiger partial charge in [-0.25, -0.2) is 4.98 Å². The zero-order chi connectivity index (χ0) is 26.2. The maximum atomic E-state index is 14.4. The Labute approximate surface area is 214 Å². The molecule has 1 amide bonds. The Bertz CT molecular complexity index is 1450. The van der Waals surface area contributed by atoms with Crippen molar-refractivity contribution in [2.75, 3.05) is 13.1 Å². The van der Waals surface area contributed by atoms with Crippen LogP contribution in [0.2, 0.25) is 0 Å². The topological polar surface area (TPSA) is 84.2 Å². The van der Waals surface area contributed by atoms with E-state index in [4.69, 9.17) is 4.42 Å². The Kier molecular flexibility index (Phi) is 6.63. The highest BCUT2D eigenvalue weighted by molar-refractivity contribution is 7.15. The van der Waals surface area contributed by atoms with E-state index in [0.29, 0.717) is 26.4 Å². The smallest absolute Gasteiger partial charge is 0.394 e. The number of amides is 1. The molecule has 6 nitrogen and oxygen atoms in total. The number of ketones is 1. The van der Waals surface area contributed by atoms with Crippen LogP contribution in [0.4, 0.5) is 13.2 Å². The number of carbonyl (C=O) groups is 2. The van der Waals surface area contributed by atoms with Crippen molar-refractivity contribution in [3.05, 3.63) is 77.1 Å². The second-order valence-electron chi connectivity index (χ2n) is 9.06. The number of aryl methyl sites for hydroxylation is 1. The van der Waals surface area contributed by atoms with Gasteiger partial charge in [0.2, 0.25) is 5.78 Å². The van der Waals surface area contributed by atoms with Gasteiger partial charge >= 0.3 is 6.18 Å². The van der Waals surface area contributed by atoms with Gasteiger partial charge in [-0.15, -0.1) is 11.3 Å². The van der Waals surface area contributed by atoms with Crippen LogP contribution in [0.25, 0.3) is 21.4 Å². The zero-order valence-electron chi connectivity index (χ0n) is 19.9. The Morgan fingerprint density at radius 2 is 1.95 bits per heavy atom. The number of piperidine rings is 1. The van der Waals surface area contributed by atoms with Crippen molar-refractivity contribution in [2.45, 2.75) is 31.5 Å². The van der Waals surface area contributed by atoms with Crippen molar-refractivity contribution in [1.82, 2.24) is 15.6 Å². The van der Waals surface area contributed by atoms with Crippen LogP contribution in [0, 0.1) is 12.8 Å². The van der Waals surface area contributed by atoms with Crippen molar-refractivity contribution < 1.29 is 27.2 Å². The van der Waals surface area contributed by atoms with Crippen molar-refractivity contribution >= 4 is 34.0 Å². The number of benzene rings is 2. The largest absolute Gasteiger partial charge is 0.464 e. The minimum Gasteiger partial charge on any atom is -0.464 e. The summed E-state index contributed by atoms with van der Waals surface area (Å²) in [7, 11) is 0. The highest BCUT2D eigenvalue weighted by Crippen LogP contribution is 2.43. The third-order valence-corrected chi connectivity index (χ3v) is 7.78. The number of fused-ring (bicyclic) bond motifs is 1. The number of hydrogen-bond donors (Lipinski definition) is 2. The van der Waals surface area contributed by atoms with E-state index in [1.807, 2.05) is 6.07 Å². The number of nitrogens with zero attached hydrogens (tertiary/aromatic N) is 1. The number of halogens is 3. The van der Waals surface area contributed by atoms with Gasteiger partial charge in [-0.1, -0.05) is 36.4 Å². The second kappa shape index (κ2) is 9.75. The molecule has 4 aromatic rings. The molecule has 0 unspecified atom stereocenters. The molecule has 37 heavy (non-hydrogen) atoms. The summed E-state index contributed by atoms with van der Waals surface area (Å²) < 4.78 is 48.6. The quantitative estimate of drug-likeness (QED) is 0.311. The minimum absolute atomic E-state index is 0.0245. The average molecular weight is 528 g/mol. The summed E-state index contributed by atoms with van der Waals surface area (Å²) in [6.45, 7) is 1.37. The number of Topliss-reactive ketones (excluding diaryl/α,β-unsaturated/α-hetero) is 1. The molecule has 1 fully saturated rings. The summed E-state index contributed by atoms with van der Waals surface area (Å²) in [5.41, 5.74) is -0.707. The van der Waals surface area contributed by atoms with Gasteiger partial charge in [-0.3, -0.25) is 9.59 Å². The molecule has 192 valence electrons. The molecule has 1 aliphatic rings.